The maximum atomic E-state index is 11.1. The molecule has 78 valence electrons. The van der Waals surface area contributed by atoms with Crippen LogP contribution in [0.2, 0.25) is 0 Å². The minimum Gasteiger partial charge on any atom is -0.369 e. The summed E-state index contributed by atoms with van der Waals surface area (Å²) in [4.78, 5) is 11.1. The first-order chi connectivity index (χ1) is 7.27. The third-order valence-corrected chi connectivity index (χ3v) is 2.96. The van der Waals surface area contributed by atoms with Crippen LogP contribution < -0.4 is 5.73 Å². The second-order valence-corrected chi connectivity index (χ2v) is 4.02. The fourth-order valence-corrected chi connectivity index (χ4v) is 2.07. The van der Waals surface area contributed by atoms with Gasteiger partial charge >= 0.3 is 0 Å². The van der Waals surface area contributed by atoms with Crippen LogP contribution in [0.4, 0.5) is 0 Å². The first kappa shape index (κ1) is 9.97. The molecular formula is C13H15NO. The zero-order valence-electron chi connectivity index (χ0n) is 8.60. The molecule has 1 aliphatic rings. The summed E-state index contributed by atoms with van der Waals surface area (Å²) in [6.45, 7) is 0. The Labute approximate surface area is 89.8 Å². The number of carbonyl (C=O) groups excluding carboxylic acids is 1. The van der Waals surface area contributed by atoms with Crippen molar-refractivity contribution < 1.29 is 4.79 Å². The molecule has 2 rings (SSSR count). The van der Waals surface area contributed by atoms with Crippen molar-refractivity contribution in [2.45, 2.75) is 18.8 Å². The highest BCUT2D eigenvalue weighted by Crippen LogP contribution is 2.30. The van der Waals surface area contributed by atoms with E-state index in [2.05, 4.69) is 24.3 Å². The lowest BCUT2D eigenvalue weighted by atomic mass is 9.82. The molecule has 0 radical (unpaired) electrons. The van der Waals surface area contributed by atoms with Crippen molar-refractivity contribution in [1.29, 1.82) is 0 Å². The molecule has 1 aromatic rings. The van der Waals surface area contributed by atoms with Crippen molar-refractivity contribution in [3.05, 3.63) is 48.0 Å². The largest absolute Gasteiger partial charge is 0.369 e. The molecule has 0 saturated heterocycles. The van der Waals surface area contributed by atoms with Gasteiger partial charge in [0.1, 0.15) is 0 Å². The smallest absolute Gasteiger partial charge is 0.220 e. The van der Waals surface area contributed by atoms with Crippen molar-refractivity contribution in [2.75, 3.05) is 0 Å². The number of allylic oxidation sites excluding steroid dienone is 2. The Morgan fingerprint density at radius 2 is 2.00 bits per heavy atom. The molecule has 2 nitrogen and oxygen atoms in total. The molecule has 1 amide bonds. The number of hydrogen-bond acceptors (Lipinski definition) is 1. The number of benzene rings is 1. The van der Waals surface area contributed by atoms with E-state index in [1.165, 1.54) is 5.56 Å². The van der Waals surface area contributed by atoms with Gasteiger partial charge in [0.2, 0.25) is 5.91 Å². The van der Waals surface area contributed by atoms with E-state index < -0.39 is 0 Å². The van der Waals surface area contributed by atoms with Gasteiger partial charge in [-0.05, 0) is 18.4 Å². The summed E-state index contributed by atoms with van der Waals surface area (Å²) in [5.74, 6) is 0.165. The van der Waals surface area contributed by atoms with E-state index in [-0.39, 0.29) is 11.8 Å². The van der Waals surface area contributed by atoms with E-state index in [0.717, 1.165) is 12.8 Å². The topological polar surface area (TPSA) is 43.1 Å². The van der Waals surface area contributed by atoms with Crippen molar-refractivity contribution in [2.24, 2.45) is 11.7 Å². The number of carbonyl (C=O) groups is 1. The Morgan fingerprint density at radius 3 is 2.67 bits per heavy atom. The molecule has 2 heteroatoms. The molecule has 2 N–H and O–H groups in total. The van der Waals surface area contributed by atoms with Gasteiger partial charge in [0, 0.05) is 11.8 Å². The van der Waals surface area contributed by atoms with Gasteiger partial charge in [-0.1, -0.05) is 42.5 Å². The molecule has 1 aromatic carbocycles. The second kappa shape index (κ2) is 4.30. The average molecular weight is 201 g/mol. The molecule has 15 heavy (non-hydrogen) atoms. The maximum absolute atomic E-state index is 11.1. The normalized spacial score (nSPS) is 25.1. The summed E-state index contributed by atoms with van der Waals surface area (Å²) in [5, 5.41) is 0. The molecule has 1 aliphatic carbocycles. The van der Waals surface area contributed by atoms with Crippen LogP contribution in [0.1, 0.15) is 24.3 Å². The quantitative estimate of drug-likeness (QED) is 0.732. The van der Waals surface area contributed by atoms with E-state index in [4.69, 9.17) is 5.73 Å². The van der Waals surface area contributed by atoms with Gasteiger partial charge in [-0.15, -0.1) is 0 Å². The summed E-state index contributed by atoms with van der Waals surface area (Å²) in [6, 6.07) is 10.2. The highest BCUT2D eigenvalue weighted by atomic mass is 16.1. The lowest BCUT2D eigenvalue weighted by molar-refractivity contribution is -0.122. The van der Waals surface area contributed by atoms with Crippen molar-refractivity contribution in [3.8, 4) is 0 Å². The summed E-state index contributed by atoms with van der Waals surface area (Å²) in [6.07, 6.45) is 5.87. The van der Waals surface area contributed by atoms with Crippen LogP contribution in [0.15, 0.2) is 42.5 Å². The van der Waals surface area contributed by atoms with Gasteiger partial charge in [-0.3, -0.25) is 4.79 Å². The van der Waals surface area contributed by atoms with E-state index in [9.17, 15) is 4.79 Å². The van der Waals surface area contributed by atoms with E-state index in [1.54, 1.807) is 0 Å². The van der Waals surface area contributed by atoms with E-state index in [0.29, 0.717) is 5.92 Å². The second-order valence-electron chi connectivity index (χ2n) is 4.02. The SMILES string of the molecule is NC(=O)C1CC=CC(c2ccccc2)C1. The predicted octanol–water partition coefficient (Wildman–Crippen LogP) is 2.22. The summed E-state index contributed by atoms with van der Waals surface area (Å²) in [7, 11) is 0. The maximum Gasteiger partial charge on any atom is 0.220 e. The van der Waals surface area contributed by atoms with Crippen LogP contribution in [0.25, 0.3) is 0 Å². The zero-order valence-corrected chi connectivity index (χ0v) is 8.60. The van der Waals surface area contributed by atoms with Crippen LogP contribution in [0, 0.1) is 5.92 Å². The predicted molar refractivity (Wildman–Crippen MR) is 60.2 cm³/mol. The minimum atomic E-state index is -0.180. The van der Waals surface area contributed by atoms with Crippen LogP contribution in [0.5, 0.6) is 0 Å². The highest BCUT2D eigenvalue weighted by molar-refractivity contribution is 5.77. The lowest BCUT2D eigenvalue weighted by Gasteiger charge is -2.22. The zero-order chi connectivity index (χ0) is 10.7. The first-order valence-corrected chi connectivity index (χ1v) is 5.28. The van der Waals surface area contributed by atoms with Gasteiger partial charge in [-0.25, -0.2) is 0 Å². The van der Waals surface area contributed by atoms with E-state index in [1.807, 2.05) is 18.2 Å². The molecule has 0 aromatic heterocycles. The fourth-order valence-electron chi connectivity index (χ4n) is 2.07. The Bertz CT molecular complexity index is 369. The summed E-state index contributed by atoms with van der Waals surface area (Å²) in [5.41, 5.74) is 6.60. The van der Waals surface area contributed by atoms with Crippen LogP contribution >= 0.6 is 0 Å². The van der Waals surface area contributed by atoms with Gasteiger partial charge in [0.05, 0.1) is 0 Å². The molecule has 2 atom stereocenters. The fraction of sp³-hybridized carbons (Fsp3) is 0.308. The molecular weight excluding hydrogens is 186 g/mol. The van der Waals surface area contributed by atoms with Gasteiger partial charge in [0.25, 0.3) is 0 Å². The van der Waals surface area contributed by atoms with Gasteiger partial charge < -0.3 is 5.73 Å². The van der Waals surface area contributed by atoms with Crippen LogP contribution in [0.3, 0.4) is 0 Å². The van der Waals surface area contributed by atoms with Gasteiger partial charge in [-0.2, -0.15) is 0 Å². The minimum absolute atomic E-state index is 0.000191. The third-order valence-electron chi connectivity index (χ3n) is 2.96. The van der Waals surface area contributed by atoms with Crippen LogP contribution in [-0.4, -0.2) is 5.91 Å². The Balaban J connectivity index is 2.15. The number of amides is 1. The van der Waals surface area contributed by atoms with Crippen molar-refractivity contribution in [1.82, 2.24) is 0 Å². The summed E-state index contributed by atoms with van der Waals surface area (Å²) < 4.78 is 0. The van der Waals surface area contributed by atoms with E-state index >= 15 is 0 Å². The van der Waals surface area contributed by atoms with Gasteiger partial charge in [0.15, 0.2) is 0 Å². The number of hydrogen-bond donors (Lipinski definition) is 1. The molecule has 0 fully saturated rings. The molecule has 0 saturated carbocycles. The van der Waals surface area contributed by atoms with Crippen LogP contribution in [-0.2, 0) is 4.79 Å². The lowest BCUT2D eigenvalue weighted by Crippen LogP contribution is -2.26. The number of rotatable bonds is 2. The monoisotopic (exact) mass is 201 g/mol. The standard InChI is InChI=1S/C13H15NO/c14-13(15)12-8-4-7-11(9-12)10-5-2-1-3-6-10/h1-7,11-12H,8-9H2,(H2,14,15). The third kappa shape index (κ3) is 2.27. The molecule has 0 spiro atoms. The molecule has 2 unspecified atom stereocenters. The van der Waals surface area contributed by atoms with Crippen molar-refractivity contribution in [3.63, 3.8) is 0 Å². The Hall–Kier alpha value is -1.57. The Kier molecular flexibility index (Phi) is 2.86. The number of nitrogens with two attached hydrogens (primary N) is 1. The highest BCUT2D eigenvalue weighted by Gasteiger charge is 2.22. The Morgan fingerprint density at radius 1 is 1.27 bits per heavy atom. The average Bonchev–Trinajstić information content (AvgIpc) is 2.30. The first-order valence-electron chi connectivity index (χ1n) is 5.28. The van der Waals surface area contributed by atoms with Crippen molar-refractivity contribution >= 4 is 5.91 Å². The number of primary amides is 1. The summed E-state index contributed by atoms with van der Waals surface area (Å²) >= 11 is 0. The molecule has 0 bridgehead atoms. The molecule has 0 aliphatic heterocycles. The molecule has 0 heterocycles.